The van der Waals surface area contributed by atoms with Crippen molar-refractivity contribution in [3.63, 3.8) is 0 Å². The fraction of sp³-hybridized carbons (Fsp3) is 0.714. The Kier molecular flexibility index (Phi) is 1.43. The summed E-state index contributed by atoms with van der Waals surface area (Å²) in [5.41, 5.74) is 4.02. The number of nitrogens with zero attached hydrogens (tertiary/aromatic N) is 1. The summed E-state index contributed by atoms with van der Waals surface area (Å²) in [6.45, 7) is 8.31. The SMILES string of the molecule is CN1CC1=C[Si](C)(C)C. The van der Waals surface area contributed by atoms with Gasteiger partial charge in [0, 0.05) is 12.7 Å². The largest absolute Gasteiger partial charge is 0.371 e. The van der Waals surface area contributed by atoms with Gasteiger partial charge in [-0.05, 0) is 0 Å². The molecule has 0 aromatic carbocycles. The highest BCUT2D eigenvalue weighted by molar-refractivity contribution is 6.81. The highest BCUT2D eigenvalue weighted by Crippen LogP contribution is 2.21. The van der Waals surface area contributed by atoms with Crippen molar-refractivity contribution in [2.24, 2.45) is 0 Å². The number of rotatable bonds is 1. The van der Waals surface area contributed by atoms with Crippen molar-refractivity contribution < 1.29 is 0 Å². The summed E-state index contributed by atoms with van der Waals surface area (Å²) in [6, 6.07) is 0. The molecular formula is C7H15NSi. The molecule has 52 valence electrons. The molecule has 0 unspecified atom stereocenters. The van der Waals surface area contributed by atoms with E-state index in [1.54, 1.807) is 5.70 Å². The van der Waals surface area contributed by atoms with Crippen molar-refractivity contribution in [2.75, 3.05) is 13.6 Å². The quantitative estimate of drug-likeness (QED) is 0.397. The molecule has 9 heavy (non-hydrogen) atoms. The Labute approximate surface area is 58.4 Å². The van der Waals surface area contributed by atoms with E-state index < -0.39 is 8.07 Å². The first kappa shape index (κ1) is 6.87. The van der Waals surface area contributed by atoms with Crippen LogP contribution in [0.25, 0.3) is 0 Å². The first-order valence-corrected chi connectivity index (χ1v) is 7.00. The monoisotopic (exact) mass is 141 g/mol. The summed E-state index contributed by atoms with van der Waals surface area (Å²) in [5.74, 6) is 0. The van der Waals surface area contributed by atoms with Gasteiger partial charge >= 0.3 is 0 Å². The summed E-state index contributed by atoms with van der Waals surface area (Å²) in [6.07, 6.45) is 0. The first-order chi connectivity index (χ1) is 3.99. The Morgan fingerprint density at radius 2 is 1.89 bits per heavy atom. The van der Waals surface area contributed by atoms with E-state index >= 15 is 0 Å². The van der Waals surface area contributed by atoms with Crippen LogP contribution in [-0.4, -0.2) is 26.6 Å². The van der Waals surface area contributed by atoms with Crippen molar-refractivity contribution in [1.29, 1.82) is 0 Å². The van der Waals surface area contributed by atoms with Gasteiger partial charge in [0.15, 0.2) is 0 Å². The molecular weight excluding hydrogens is 126 g/mol. The molecule has 0 saturated carbocycles. The van der Waals surface area contributed by atoms with Gasteiger partial charge in [0.05, 0.1) is 14.6 Å². The van der Waals surface area contributed by atoms with Crippen LogP contribution in [0, 0.1) is 0 Å². The van der Waals surface area contributed by atoms with Gasteiger partial charge in [0.2, 0.25) is 0 Å². The second kappa shape index (κ2) is 1.87. The van der Waals surface area contributed by atoms with E-state index in [0.29, 0.717) is 0 Å². The normalized spacial score (nSPS) is 23.1. The number of hydrogen-bond acceptors (Lipinski definition) is 1. The molecule has 0 spiro atoms. The summed E-state index contributed by atoms with van der Waals surface area (Å²) < 4.78 is 0. The molecule has 1 heterocycles. The zero-order chi connectivity index (χ0) is 7.07. The van der Waals surface area contributed by atoms with E-state index in [1.165, 1.54) is 6.54 Å². The lowest BCUT2D eigenvalue weighted by Crippen LogP contribution is -2.15. The molecule has 1 rings (SSSR count). The van der Waals surface area contributed by atoms with Crippen LogP contribution in [0.1, 0.15) is 0 Å². The van der Waals surface area contributed by atoms with E-state index in [0.717, 1.165) is 0 Å². The first-order valence-electron chi connectivity index (χ1n) is 3.42. The highest BCUT2D eigenvalue weighted by atomic mass is 28.3. The summed E-state index contributed by atoms with van der Waals surface area (Å²) in [5, 5.41) is 0. The van der Waals surface area contributed by atoms with Crippen LogP contribution in [-0.2, 0) is 0 Å². The van der Waals surface area contributed by atoms with Gasteiger partial charge in [0.25, 0.3) is 0 Å². The van der Waals surface area contributed by atoms with E-state index in [-0.39, 0.29) is 0 Å². The van der Waals surface area contributed by atoms with Gasteiger partial charge in [-0.3, -0.25) is 0 Å². The van der Waals surface area contributed by atoms with E-state index in [9.17, 15) is 0 Å². The molecule has 1 saturated heterocycles. The van der Waals surface area contributed by atoms with Crippen molar-refractivity contribution in [2.45, 2.75) is 19.6 Å². The number of likely N-dealkylation sites (N-methyl/N-ethyl adjacent to an activating group) is 1. The van der Waals surface area contributed by atoms with Crippen LogP contribution in [0.15, 0.2) is 11.4 Å². The Morgan fingerprint density at radius 1 is 1.44 bits per heavy atom. The van der Waals surface area contributed by atoms with Gasteiger partial charge in [-0.1, -0.05) is 25.3 Å². The van der Waals surface area contributed by atoms with E-state index in [1.807, 2.05) is 0 Å². The Hall–Kier alpha value is -0.243. The average Bonchev–Trinajstić information content (AvgIpc) is 2.13. The second-order valence-electron chi connectivity index (χ2n) is 3.86. The third kappa shape index (κ3) is 2.22. The zero-order valence-electron chi connectivity index (χ0n) is 6.73. The van der Waals surface area contributed by atoms with Crippen molar-refractivity contribution in [3.8, 4) is 0 Å². The molecule has 1 nitrogen and oxygen atoms in total. The Balaban J connectivity index is 2.51. The number of hydrogen-bond donors (Lipinski definition) is 0. The molecule has 2 heteroatoms. The molecule has 0 aliphatic carbocycles. The summed E-state index contributed by atoms with van der Waals surface area (Å²) in [7, 11) is 1.24. The Bertz CT molecular complexity index is 143. The summed E-state index contributed by atoms with van der Waals surface area (Å²) in [4.78, 5) is 2.29. The maximum atomic E-state index is 2.47. The second-order valence-corrected chi connectivity index (χ2v) is 8.88. The smallest absolute Gasteiger partial charge is 0.0710 e. The zero-order valence-corrected chi connectivity index (χ0v) is 7.73. The Morgan fingerprint density at radius 3 is 2.00 bits per heavy atom. The minimum absolute atomic E-state index is 0.903. The lowest BCUT2D eigenvalue weighted by Gasteiger charge is -2.06. The van der Waals surface area contributed by atoms with Gasteiger partial charge < -0.3 is 4.90 Å². The molecule has 0 bridgehead atoms. The van der Waals surface area contributed by atoms with Gasteiger partial charge in [-0.25, -0.2) is 0 Å². The predicted octanol–water partition coefficient (Wildman–Crippen LogP) is 1.69. The average molecular weight is 141 g/mol. The minimum Gasteiger partial charge on any atom is -0.371 e. The van der Waals surface area contributed by atoms with Crippen LogP contribution in [0.2, 0.25) is 19.6 Å². The lowest BCUT2D eigenvalue weighted by molar-refractivity contribution is 0.729. The summed E-state index contributed by atoms with van der Waals surface area (Å²) >= 11 is 0. The topological polar surface area (TPSA) is 3.01 Å². The molecule has 0 N–H and O–H groups in total. The van der Waals surface area contributed by atoms with Crippen molar-refractivity contribution in [3.05, 3.63) is 11.4 Å². The molecule has 0 radical (unpaired) electrons. The van der Waals surface area contributed by atoms with Crippen molar-refractivity contribution in [1.82, 2.24) is 4.90 Å². The maximum Gasteiger partial charge on any atom is 0.0710 e. The van der Waals surface area contributed by atoms with Crippen LogP contribution in [0.5, 0.6) is 0 Å². The fourth-order valence-corrected chi connectivity index (χ4v) is 2.17. The van der Waals surface area contributed by atoms with Crippen LogP contribution >= 0.6 is 0 Å². The van der Waals surface area contributed by atoms with Gasteiger partial charge in [0.1, 0.15) is 0 Å². The maximum absolute atomic E-state index is 2.47. The fourth-order valence-electron chi connectivity index (χ4n) is 0.863. The highest BCUT2D eigenvalue weighted by Gasteiger charge is 2.22. The molecule has 1 fully saturated rings. The third-order valence-electron chi connectivity index (χ3n) is 1.39. The van der Waals surface area contributed by atoms with Gasteiger partial charge in [-0.2, -0.15) is 0 Å². The molecule has 0 atom stereocenters. The molecule has 1 aliphatic rings. The van der Waals surface area contributed by atoms with Crippen molar-refractivity contribution >= 4 is 8.07 Å². The molecule has 0 amide bonds. The van der Waals surface area contributed by atoms with E-state index in [2.05, 4.69) is 37.3 Å². The van der Waals surface area contributed by atoms with E-state index in [4.69, 9.17) is 0 Å². The van der Waals surface area contributed by atoms with Crippen LogP contribution in [0.4, 0.5) is 0 Å². The third-order valence-corrected chi connectivity index (χ3v) is 2.58. The molecule has 0 aromatic heterocycles. The van der Waals surface area contributed by atoms with Crippen LogP contribution < -0.4 is 0 Å². The molecule has 0 aromatic rings. The predicted molar refractivity (Wildman–Crippen MR) is 44.1 cm³/mol. The standard InChI is InChI=1S/C7H15NSi/c1-8-5-7(8)6-9(2,3)4/h6H,5H2,1-4H3. The molecule has 1 aliphatic heterocycles. The minimum atomic E-state index is -0.903. The van der Waals surface area contributed by atoms with Crippen LogP contribution in [0.3, 0.4) is 0 Å². The lowest BCUT2D eigenvalue weighted by atomic mass is 10.8. The van der Waals surface area contributed by atoms with Gasteiger partial charge in [-0.15, -0.1) is 0 Å².